The van der Waals surface area contributed by atoms with Gasteiger partial charge in [-0.3, -0.25) is 0 Å². The van der Waals surface area contributed by atoms with Gasteiger partial charge in [-0.1, -0.05) is 55.1 Å². The Balaban J connectivity index is 2.31. The molecular weight excluding hydrogens is 252 g/mol. The molecule has 0 aromatic heterocycles. The summed E-state index contributed by atoms with van der Waals surface area (Å²) >= 11 is 0. The minimum Gasteiger partial charge on any atom is -0.465 e. The molecule has 0 aliphatic heterocycles. The van der Waals surface area contributed by atoms with E-state index in [1.807, 2.05) is 36.4 Å². The van der Waals surface area contributed by atoms with Crippen molar-refractivity contribution < 1.29 is 14.6 Å². The first-order valence-electron chi connectivity index (χ1n) is 6.24. The molecule has 2 rings (SSSR count). The Morgan fingerprint density at radius 2 is 1.75 bits per heavy atom. The zero-order chi connectivity index (χ0) is 14.5. The van der Waals surface area contributed by atoms with Crippen molar-refractivity contribution in [1.82, 2.24) is 0 Å². The van der Waals surface area contributed by atoms with Crippen molar-refractivity contribution in [3.63, 3.8) is 0 Å². The molecule has 0 heterocycles. The summed E-state index contributed by atoms with van der Waals surface area (Å²) in [7, 11) is 1.32. The number of carbonyl (C=O) groups excluding carboxylic acids is 1. The van der Waals surface area contributed by atoms with Crippen LogP contribution in [0, 0.1) is 0 Å². The fourth-order valence-corrected chi connectivity index (χ4v) is 1.97. The van der Waals surface area contributed by atoms with Gasteiger partial charge in [0.25, 0.3) is 0 Å². The number of aliphatic hydroxyl groups is 1. The molecule has 0 aliphatic rings. The van der Waals surface area contributed by atoms with Crippen LogP contribution < -0.4 is 0 Å². The number of hydrogen-bond acceptors (Lipinski definition) is 3. The molecule has 0 fully saturated rings. The lowest BCUT2D eigenvalue weighted by Gasteiger charge is -2.13. The summed E-state index contributed by atoms with van der Waals surface area (Å²) in [5, 5.41) is 10.3. The van der Waals surface area contributed by atoms with Crippen LogP contribution in [0.15, 0.2) is 61.2 Å². The molecule has 102 valence electrons. The lowest BCUT2D eigenvalue weighted by atomic mass is 9.97. The molecular formula is C17H16O3. The summed E-state index contributed by atoms with van der Waals surface area (Å²) in [4.78, 5) is 11.5. The van der Waals surface area contributed by atoms with Crippen LogP contribution >= 0.6 is 0 Å². The van der Waals surface area contributed by atoms with E-state index in [4.69, 9.17) is 0 Å². The maximum absolute atomic E-state index is 11.5. The Bertz CT molecular complexity index is 617. The summed E-state index contributed by atoms with van der Waals surface area (Å²) in [6.45, 7) is 3.71. The Morgan fingerprint density at radius 3 is 2.40 bits per heavy atom. The normalized spacial score (nSPS) is 11.7. The monoisotopic (exact) mass is 268 g/mol. The molecule has 0 bridgehead atoms. The van der Waals surface area contributed by atoms with E-state index in [0.717, 1.165) is 5.56 Å². The average Bonchev–Trinajstić information content (AvgIpc) is 2.53. The first-order chi connectivity index (χ1) is 9.63. The van der Waals surface area contributed by atoms with Crippen molar-refractivity contribution in [3.05, 3.63) is 77.9 Å². The van der Waals surface area contributed by atoms with E-state index in [9.17, 15) is 9.90 Å². The van der Waals surface area contributed by atoms with Gasteiger partial charge in [0.05, 0.1) is 12.7 Å². The molecule has 2 aromatic carbocycles. The predicted octanol–water partition coefficient (Wildman–Crippen LogP) is 2.95. The van der Waals surface area contributed by atoms with Gasteiger partial charge in [-0.2, -0.15) is 0 Å². The molecule has 0 saturated heterocycles. The van der Waals surface area contributed by atoms with Gasteiger partial charge in [0, 0.05) is 0 Å². The van der Waals surface area contributed by atoms with Gasteiger partial charge in [-0.05, 0) is 22.8 Å². The highest BCUT2D eigenvalue weighted by Crippen LogP contribution is 2.24. The number of rotatable bonds is 4. The van der Waals surface area contributed by atoms with Crippen LogP contribution in [0.4, 0.5) is 0 Å². The molecule has 0 amide bonds. The van der Waals surface area contributed by atoms with E-state index in [-0.39, 0.29) is 5.57 Å². The first-order valence-corrected chi connectivity index (χ1v) is 6.24. The molecule has 0 aliphatic carbocycles. The zero-order valence-corrected chi connectivity index (χ0v) is 11.2. The molecule has 1 N–H and O–H groups in total. The number of carbonyl (C=O) groups is 1. The van der Waals surface area contributed by atoms with Gasteiger partial charge in [0.2, 0.25) is 0 Å². The van der Waals surface area contributed by atoms with Crippen LogP contribution in [-0.4, -0.2) is 18.2 Å². The number of aliphatic hydroxyl groups excluding tert-OH is 1. The van der Waals surface area contributed by atoms with E-state index < -0.39 is 12.1 Å². The first kappa shape index (κ1) is 14.0. The fourth-order valence-electron chi connectivity index (χ4n) is 1.97. The van der Waals surface area contributed by atoms with E-state index in [2.05, 4.69) is 11.3 Å². The van der Waals surface area contributed by atoms with E-state index >= 15 is 0 Å². The maximum Gasteiger partial charge on any atom is 0.337 e. The highest BCUT2D eigenvalue weighted by atomic mass is 16.5. The van der Waals surface area contributed by atoms with Gasteiger partial charge in [0.15, 0.2) is 0 Å². The minimum atomic E-state index is -0.735. The predicted molar refractivity (Wildman–Crippen MR) is 78.0 cm³/mol. The number of ether oxygens (including phenoxy) is 1. The third-order valence-corrected chi connectivity index (χ3v) is 3.10. The van der Waals surface area contributed by atoms with Crippen molar-refractivity contribution in [2.75, 3.05) is 7.11 Å². The standard InChI is InChI=1S/C17H16O3/c1-12(17(19)20-2)14-9-6-10-15(11-14)16(18)13-7-4-3-5-8-13/h3-11,16,18H,1H2,2H3. The van der Waals surface area contributed by atoms with Crippen LogP contribution in [0.25, 0.3) is 5.57 Å². The van der Waals surface area contributed by atoms with E-state index in [1.54, 1.807) is 18.2 Å². The Kier molecular flexibility index (Phi) is 4.33. The molecule has 0 spiro atoms. The molecule has 2 aromatic rings. The number of hydrogen-bond donors (Lipinski definition) is 1. The largest absolute Gasteiger partial charge is 0.465 e. The van der Waals surface area contributed by atoms with Crippen LogP contribution in [0.5, 0.6) is 0 Å². The lowest BCUT2D eigenvalue weighted by molar-refractivity contribution is -0.133. The van der Waals surface area contributed by atoms with Crippen LogP contribution in [0.2, 0.25) is 0 Å². The van der Waals surface area contributed by atoms with E-state index in [1.165, 1.54) is 7.11 Å². The molecule has 3 heteroatoms. The summed E-state index contributed by atoms with van der Waals surface area (Å²) in [6, 6.07) is 16.4. The molecule has 0 saturated carbocycles. The Hall–Kier alpha value is -2.39. The van der Waals surface area contributed by atoms with Gasteiger partial charge in [0.1, 0.15) is 6.10 Å². The minimum absolute atomic E-state index is 0.273. The smallest absolute Gasteiger partial charge is 0.337 e. The van der Waals surface area contributed by atoms with Gasteiger partial charge >= 0.3 is 5.97 Å². The Morgan fingerprint density at radius 1 is 1.10 bits per heavy atom. The third-order valence-electron chi connectivity index (χ3n) is 3.10. The highest BCUT2D eigenvalue weighted by molar-refractivity contribution is 6.15. The maximum atomic E-state index is 11.5. The summed E-state index contributed by atoms with van der Waals surface area (Å²) in [5.74, 6) is -0.476. The van der Waals surface area contributed by atoms with Crippen molar-refractivity contribution in [3.8, 4) is 0 Å². The second-order valence-electron chi connectivity index (χ2n) is 4.41. The fraction of sp³-hybridized carbons (Fsp3) is 0.118. The van der Waals surface area contributed by atoms with Crippen LogP contribution in [0.1, 0.15) is 22.8 Å². The second kappa shape index (κ2) is 6.17. The average molecular weight is 268 g/mol. The highest BCUT2D eigenvalue weighted by Gasteiger charge is 2.14. The molecule has 1 atom stereocenters. The quantitative estimate of drug-likeness (QED) is 0.685. The SMILES string of the molecule is C=C(C(=O)OC)c1cccc(C(O)c2ccccc2)c1. The Labute approximate surface area is 118 Å². The zero-order valence-electron chi connectivity index (χ0n) is 11.2. The third kappa shape index (κ3) is 2.95. The topological polar surface area (TPSA) is 46.5 Å². The van der Waals surface area contributed by atoms with Gasteiger partial charge in [-0.25, -0.2) is 4.79 Å². The summed E-state index contributed by atoms with van der Waals surface area (Å²) in [6.07, 6.45) is -0.735. The lowest BCUT2D eigenvalue weighted by Crippen LogP contribution is -2.04. The van der Waals surface area contributed by atoms with Crippen molar-refractivity contribution in [2.24, 2.45) is 0 Å². The van der Waals surface area contributed by atoms with Crippen molar-refractivity contribution in [2.45, 2.75) is 6.10 Å². The summed E-state index contributed by atoms with van der Waals surface area (Å²) < 4.78 is 4.65. The second-order valence-corrected chi connectivity index (χ2v) is 4.41. The number of methoxy groups -OCH3 is 1. The van der Waals surface area contributed by atoms with E-state index in [0.29, 0.717) is 11.1 Å². The van der Waals surface area contributed by atoms with Gasteiger partial charge < -0.3 is 9.84 Å². The van der Waals surface area contributed by atoms with Crippen LogP contribution in [0.3, 0.4) is 0 Å². The number of esters is 1. The van der Waals surface area contributed by atoms with Gasteiger partial charge in [-0.15, -0.1) is 0 Å². The van der Waals surface area contributed by atoms with Crippen molar-refractivity contribution in [1.29, 1.82) is 0 Å². The van der Waals surface area contributed by atoms with Crippen molar-refractivity contribution >= 4 is 11.5 Å². The van der Waals surface area contributed by atoms with Crippen LogP contribution in [-0.2, 0) is 9.53 Å². The molecule has 20 heavy (non-hydrogen) atoms. The molecule has 0 radical (unpaired) electrons. The number of benzene rings is 2. The molecule has 1 unspecified atom stereocenters. The molecule has 3 nitrogen and oxygen atoms in total. The summed E-state index contributed by atoms with van der Waals surface area (Å²) in [5.41, 5.74) is 2.42.